The second-order valence-corrected chi connectivity index (χ2v) is 3.85. The molecule has 0 atom stereocenters. The van der Waals surface area contributed by atoms with Crippen LogP contribution >= 0.6 is 0 Å². The van der Waals surface area contributed by atoms with Gasteiger partial charge in [-0.25, -0.2) is 4.79 Å². The number of carbonyl (C=O) groups excluding carboxylic acids is 1. The minimum absolute atomic E-state index is 0.0868. The van der Waals surface area contributed by atoms with Crippen molar-refractivity contribution in [2.24, 2.45) is 5.92 Å². The van der Waals surface area contributed by atoms with Gasteiger partial charge in [-0.2, -0.15) is 0 Å². The largest absolute Gasteiger partial charge is 0.508 e. The van der Waals surface area contributed by atoms with Gasteiger partial charge in [-0.05, 0) is 26.2 Å². The van der Waals surface area contributed by atoms with Gasteiger partial charge in [0, 0.05) is 0 Å². The fourth-order valence-corrected chi connectivity index (χ4v) is 1.32. The van der Waals surface area contributed by atoms with E-state index in [1.807, 2.05) is 13.8 Å². The van der Waals surface area contributed by atoms with Gasteiger partial charge in [0.1, 0.15) is 0 Å². The van der Waals surface area contributed by atoms with Crippen LogP contribution in [0.1, 0.15) is 39.5 Å². The first-order valence-corrected chi connectivity index (χ1v) is 5.02. The first kappa shape index (κ1) is 10.4. The van der Waals surface area contributed by atoms with Crippen LogP contribution in [0.2, 0.25) is 0 Å². The summed E-state index contributed by atoms with van der Waals surface area (Å²) in [7, 11) is 0. The van der Waals surface area contributed by atoms with Crippen LogP contribution in [-0.4, -0.2) is 18.9 Å². The van der Waals surface area contributed by atoms with Crippen LogP contribution in [-0.2, 0) is 9.47 Å². The van der Waals surface area contributed by atoms with Crippen molar-refractivity contribution in [3.8, 4) is 0 Å². The molecule has 1 aliphatic carbocycles. The molecule has 76 valence electrons. The molecule has 1 fully saturated rings. The van der Waals surface area contributed by atoms with E-state index < -0.39 is 6.16 Å². The standard InChI is InChI=1S/C10H18O3/c1-8(2)13-10(11)12-7-6-9-4-3-5-9/h8-9H,3-7H2,1-2H3. The normalized spacial score (nSPS) is 16.8. The van der Waals surface area contributed by atoms with Crippen molar-refractivity contribution < 1.29 is 14.3 Å². The molecular formula is C10H18O3. The van der Waals surface area contributed by atoms with Crippen molar-refractivity contribution in [2.45, 2.75) is 45.6 Å². The number of hydrogen-bond acceptors (Lipinski definition) is 3. The van der Waals surface area contributed by atoms with Gasteiger partial charge in [0.25, 0.3) is 0 Å². The molecular weight excluding hydrogens is 168 g/mol. The monoisotopic (exact) mass is 186 g/mol. The molecule has 0 amide bonds. The fourth-order valence-electron chi connectivity index (χ4n) is 1.32. The van der Waals surface area contributed by atoms with Gasteiger partial charge < -0.3 is 9.47 Å². The van der Waals surface area contributed by atoms with Crippen molar-refractivity contribution in [1.82, 2.24) is 0 Å². The van der Waals surface area contributed by atoms with Crippen LogP contribution in [0.15, 0.2) is 0 Å². The summed E-state index contributed by atoms with van der Waals surface area (Å²) >= 11 is 0. The van der Waals surface area contributed by atoms with E-state index in [-0.39, 0.29) is 6.10 Å². The zero-order valence-electron chi connectivity index (χ0n) is 8.41. The van der Waals surface area contributed by atoms with E-state index >= 15 is 0 Å². The number of rotatable bonds is 4. The third-order valence-electron chi connectivity index (χ3n) is 2.30. The smallest absolute Gasteiger partial charge is 0.434 e. The van der Waals surface area contributed by atoms with E-state index in [0.29, 0.717) is 6.61 Å². The molecule has 0 aromatic rings. The van der Waals surface area contributed by atoms with Crippen molar-refractivity contribution in [2.75, 3.05) is 6.61 Å². The third kappa shape index (κ3) is 4.15. The van der Waals surface area contributed by atoms with E-state index in [9.17, 15) is 4.79 Å². The summed E-state index contributed by atoms with van der Waals surface area (Å²) in [5, 5.41) is 0. The number of hydrogen-bond donors (Lipinski definition) is 0. The zero-order chi connectivity index (χ0) is 9.68. The summed E-state index contributed by atoms with van der Waals surface area (Å²) in [6.45, 7) is 4.14. The van der Waals surface area contributed by atoms with Gasteiger partial charge in [0.2, 0.25) is 0 Å². The molecule has 0 aromatic heterocycles. The SMILES string of the molecule is CC(C)OC(=O)OCCC1CCC1. The van der Waals surface area contributed by atoms with E-state index in [1.165, 1.54) is 19.3 Å². The number of ether oxygens (including phenoxy) is 2. The average Bonchev–Trinajstić information content (AvgIpc) is 1.92. The molecule has 0 spiro atoms. The summed E-state index contributed by atoms with van der Waals surface area (Å²) < 4.78 is 9.72. The van der Waals surface area contributed by atoms with E-state index in [4.69, 9.17) is 9.47 Å². The molecule has 0 aromatic carbocycles. The second-order valence-electron chi connectivity index (χ2n) is 3.85. The average molecular weight is 186 g/mol. The Kier molecular flexibility index (Phi) is 4.06. The van der Waals surface area contributed by atoms with Gasteiger partial charge in [-0.15, -0.1) is 0 Å². The van der Waals surface area contributed by atoms with Gasteiger partial charge in [0.05, 0.1) is 12.7 Å². The molecule has 3 heteroatoms. The van der Waals surface area contributed by atoms with Crippen LogP contribution in [0.5, 0.6) is 0 Å². The second kappa shape index (κ2) is 5.10. The summed E-state index contributed by atoms with van der Waals surface area (Å²) in [5.74, 6) is 0.784. The maximum atomic E-state index is 10.9. The Morgan fingerprint density at radius 1 is 1.46 bits per heavy atom. The van der Waals surface area contributed by atoms with Crippen molar-refractivity contribution >= 4 is 6.16 Å². The molecule has 1 rings (SSSR count). The number of carbonyl (C=O) groups is 1. The van der Waals surface area contributed by atoms with Crippen LogP contribution < -0.4 is 0 Å². The summed E-state index contributed by atoms with van der Waals surface area (Å²) in [5.41, 5.74) is 0. The highest BCUT2D eigenvalue weighted by atomic mass is 16.7. The van der Waals surface area contributed by atoms with Gasteiger partial charge in [-0.3, -0.25) is 0 Å². The Hall–Kier alpha value is -0.730. The Morgan fingerprint density at radius 3 is 2.62 bits per heavy atom. The molecule has 1 aliphatic rings. The lowest BCUT2D eigenvalue weighted by Gasteiger charge is -2.24. The van der Waals surface area contributed by atoms with Crippen LogP contribution in [0.4, 0.5) is 4.79 Å². The maximum Gasteiger partial charge on any atom is 0.508 e. The predicted octanol–water partition coefficient (Wildman–Crippen LogP) is 2.74. The quantitative estimate of drug-likeness (QED) is 0.633. The minimum Gasteiger partial charge on any atom is -0.434 e. The fraction of sp³-hybridized carbons (Fsp3) is 0.900. The highest BCUT2D eigenvalue weighted by Gasteiger charge is 2.17. The molecule has 0 radical (unpaired) electrons. The first-order valence-electron chi connectivity index (χ1n) is 5.02. The van der Waals surface area contributed by atoms with Crippen molar-refractivity contribution in [3.05, 3.63) is 0 Å². The molecule has 0 aliphatic heterocycles. The van der Waals surface area contributed by atoms with Gasteiger partial charge >= 0.3 is 6.16 Å². The Bertz CT molecular complexity index is 162. The van der Waals surface area contributed by atoms with Gasteiger partial charge in [0.15, 0.2) is 0 Å². The van der Waals surface area contributed by atoms with Crippen molar-refractivity contribution in [3.63, 3.8) is 0 Å². The maximum absolute atomic E-state index is 10.9. The molecule has 0 saturated heterocycles. The Labute approximate surface area is 79.4 Å². The Morgan fingerprint density at radius 2 is 2.15 bits per heavy atom. The van der Waals surface area contributed by atoms with Crippen LogP contribution in [0.3, 0.4) is 0 Å². The summed E-state index contributed by atoms with van der Waals surface area (Å²) in [4.78, 5) is 10.9. The highest BCUT2D eigenvalue weighted by molar-refractivity contribution is 5.59. The van der Waals surface area contributed by atoms with Crippen molar-refractivity contribution in [1.29, 1.82) is 0 Å². The lowest BCUT2D eigenvalue weighted by molar-refractivity contribution is 0.0292. The molecule has 0 bridgehead atoms. The molecule has 0 heterocycles. The lowest BCUT2D eigenvalue weighted by atomic mass is 9.83. The zero-order valence-corrected chi connectivity index (χ0v) is 8.41. The van der Waals surface area contributed by atoms with E-state index in [1.54, 1.807) is 0 Å². The first-order chi connectivity index (χ1) is 6.18. The molecule has 13 heavy (non-hydrogen) atoms. The summed E-state index contributed by atoms with van der Waals surface area (Å²) in [6, 6.07) is 0. The van der Waals surface area contributed by atoms with E-state index in [2.05, 4.69) is 0 Å². The molecule has 0 N–H and O–H groups in total. The predicted molar refractivity (Wildman–Crippen MR) is 49.5 cm³/mol. The Balaban J connectivity index is 1.94. The van der Waals surface area contributed by atoms with E-state index in [0.717, 1.165) is 12.3 Å². The lowest BCUT2D eigenvalue weighted by Crippen LogP contribution is -2.17. The minimum atomic E-state index is -0.533. The molecule has 1 saturated carbocycles. The van der Waals surface area contributed by atoms with Crippen LogP contribution in [0.25, 0.3) is 0 Å². The third-order valence-corrected chi connectivity index (χ3v) is 2.30. The van der Waals surface area contributed by atoms with Gasteiger partial charge in [-0.1, -0.05) is 19.3 Å². The topological polar surface area (TPSA) is 35.5 Å². The molecule has 0 unspecified atom stereocenters. The van der Waals surface area contributed by atoms with Crippen LogP contribution in [0, 0.1) is 5.92 Å². The molecule has 3 nitrogen and oxygen atoms in total. The summed E-state index contributed by atoms with van der Waals surface area (Å²) in [6.07, 6.45) is 4.30. The highest BCUT2D eigenvalue weighted by Crippen LogP contribution is 2.29.